The van der Waals surface area contributed by atoms with Crippen LogP contribution in [-0.2, 0) is 17.8 Å². The summed E-state index contributed by atoms with van der Waals surface area (Å²) in [6.45, 7) is 4.68. The van der Waals surface area contributed by atoms with Crippen LogP contribution in [0.5, 0.6) is 11.6 Å². The summed E-state index contributed by atoms with van der Waals surface area (Å²) in [7, 11) is 0. The molecule has 0 aliphatic carbocycles. The molecular weight excluding hydrogens is 404 g/mol. The number of nitrogens with zero attached hydrogens (tertiary/aromatic N) is 4. The van der Waals surface area contributed by atoms with E-state index in [0.717, 1.165) is 17.7 Å². The second-order valence-electron chi connectivity index (χ2n) is 6.52. The van der Waals surface area contributed by atoms with E-state index in [4.69, 9.17) is 16.3 Å². The Balaban J connectivity index is 1.58. The third kappa shape index (κ3) is 6.66. The van der Waals surface area contributed by atoms with Crippen LogP contribution in [0.4, 0.5) is 5.95 Å². The highest BCUT2D eigenvalue weighted by molar-refractivity contribution is 6.30. The average molecular weight is 427 g/mol. The standard InChI is InChI=1S/C21H23ClN6O2/c1-3-19(29)23-9-8-15-4-6-18(7-5-15)30-20-10-17(27-14(2)28-20)13-26-21-24-11-16(22)12-25-21/h4-7,10-12H,3,8-9,13H2,1-2H3,(H,23,29)(H,24,25,26). The molecule has 0 saturated carbocycles. The van der Waals surface area contributed by atoms with Crippen LogP contribution < -0.4 is 15.4 Å². The number of aryl methyl sites for hydroxylation is 1. The molecular formula is C21H23ClN6O2. The van der Waals surface area contributed by atoms with Crippen LogP contribution in [0.1, 0.15) is 30.4 Å². The van der Waals surface area contributed by atoms with Crippen molar-refractivity contribution in [1.82, 2.24) is 25.3 Å². The normalized spacial score (nSPS) is 10.5. The zero-order valence-corrected chi connectivity index (χ0v) is 17.6. The average Bonchev–Trinajstić information content (AvgIpc) is 2.74. The Bertz CT molecular complexity index is 980. The summed E-state index contributed by atoms with van der Waals surface area (Å²) in [5, 5.41) is 6.43. The highest BCUT2D eigenvalue weighted by atomic mass is 35.5. The van der Waals surface area contributed by atoms with Gasteiger partial charge in [0.05, 0.1) is 29.7 Å². The number of anilines is 1. The number of amides is 1. The molecule has 30 heavy (non-hydrogen) atoms. The van der Waals surface area contributed by atoms with Gasteiger partial charge in [-0.25, -0.2) is 15.0 Å². The first kappa shape index (κ1) is 21.4. The highest BCUT2D eigenvalue weighted by Crippen LogP contribution is 2.21. The van der Waals surface area contributed by atoms with Gasteiger partial charge in [0, 0.05) is 19.0 Å². The zero-order chi connectivity index (χ0) is 21.3. The Labute approximate surface area is 180 Å². The van der Waals surface area contributed by atoms with E-state index in [2.05, 4.69) is 30.6 Å². The Morgan fingerprint density at radius 3 is 2.57 bits per heavy atom. The molecule has 3 rings (SSSR count). The van der Waals surface area contributed by atoms with Crippen LogP contribution in [0.2, 0.25) is 5.02 Å². The minimum absolute atomic E-state index is 0.0574. The van der Waals surface area contributed by atoms with Crippen LogP contribution >= 0.6 is 11.6 Å². The molecule has 0 unspecified atom stereocenters. The second kappa shape index (κ2) is 10.5. The number of aromatic nitrogens is 4. The van der Waals surface area contributed by atoms with Crippen LogP contribution in [0.25, 0.3) is 0 Å². The molecule has 1 aromatic carbocycles. The van der Waals surface area contributed by atoms with E-state index in [0.29, 0.717) is 47.9 Å². The van der Waals surface area contributed by atoms with Crippen molar-refractivity contribution >= 4 is 23.5 Å². The first-order valence-corrected chi connectivity index (χ1v) is 9.99. The number of hydrogen-bond donors (Lipinski definition) is 2. The van der Waals surface area contributed by atoms with Crippen molar-refractivity contribution in [3.63, 3.8) is 0 Å². The van der Waals surface area contributed by atoms with Crippen molar-refractivity contribution in [2.45, 2.75) is 33.2 Å². The lowest BCUT2D eigenvalue weighted by Gasteiger charge is -2.09. The lowest BCUT2D eigenvalue weighted by molar-refractivity contribution is -0.120. The maximum Gasteiger partial charge on any atom is 0.222 e. The number of carbonyl (C=O) groups is 1. The summed E-state index contributed by atoms with van der Waals surface area (Å²) in [6, 6.07) is 9.48. The molecule has 156 valence electrons. The van der Waals surface area contributed by atoms with Crippen LogP contribution in [-0.4, -0.2) is 32.4 Å². The Hall–Kier alpha value is -3.26. The molecule has 0 atom stereocenters. The largest absolute Gasteiger partial charge is 0.439 e. The molecule has 9 heteroatoms. The summed E-state index contributed by atoms with van der Waals surface area (Å²) >= 11 is 5.79. The summed E-state index contributed by atoms with van der Waals surface area (Å²) in [6.07, 6.45) is 4.31. The van der Waals surface area contributed by atoms with Gasteiger partial charge in [0.25, 0.3) is 0 Å². The maximum atomic E-state index is 11.3. The van der Waals surface area contributed by atoms with Gasteiger partial charge in [0.15, 0.2) is 0 Å². The third-order valence-corrected chi connectivity index (χ3v) is 4.31. The molecule has 0 radical (unpaired) electrons. The molecule has 0 aliphatic rings. The predicted molar refractivity (Wildman–Crippen MR) is 115 cm³/mol. The number of rotatable bonds is 9. The maximum absolute atomic E-state index is 11.3. The van der Waals surface area contributed by atoms with Gasteiger partial charge in [-0.2, -0.15) is 4.98 Å². The Kier molecular flexibility index (Phi) is 7.51. The van der Waals surface area contributed by atoms with Crippen molar-refractivity contribution < 1.29 is 9.53 Å². The molecule has 2 aromatic heterocycles. The monoisotopic (exact) mass is 426 g/mol. The van der Waals surface area contributed by atoms with Gasteiger partial charge < -0.3 is 15.4 Å². The summed E-state index contributed by atoms with van der Waals surface area (Å²) < 4.78 is 5.89. The highest BCUT2D eigenvalue weighted by Gasteiger charge is 2.06. The van der Waals surface area contributed by atoms with E-state index >= 15 is 0 Å². The number of hydrogen-bond acceptors (Lipinski definition) is 7. The summed E-state index contributed by atoms with van der Waals surface area (Å²) in [5.74, 6) is 2.25. The molecule has 0 spiro atoms. The molecule has 2 N–H and O–H groups in total. The van der Waals surface area contributed by atoms with Gasteiger partial charge in [-0.1, -0.05) is 30.7 Å². The number of halogens is 1. The van der Waals surface area contributed by atoms with E-state index in [1.54, 1.807) is 6.07 Å². The van der Waals surface area contributed by atoms with Gasteiger partial charge in [0.1, 0.15) is 11.6 Å². The van der Waals surface area contributed by atoms with Crippen LogP contribution in [0.15, 0.2) is 42.7 Å². The molecule has 0 saturated heterocycles. The van der Waals surface area contributed by atoms with Gasteiger partial charge in [-0.15, -0.1) is 0 Å². The molecule has 0 aliphatic heterocycles. The number of benzene rings is 1. The summed E-state index contributed by atoms with van der Waals surface area (Å²) in [5.41, 5.74) is 1.87. The number of ether oxygens (including phenoxy) is 1. The molecule has 2 heterocycles. The molecule has 3 aromatic rings. The fourth-order valence-electron chi connectivity index (χ4n) is 2.63. The van der Waals surface area contributed by atoms with Gasteiger partial charge in [0.2, 0.25) is 17.7 Å². The van der Waals surface area contributed by atoms with Crippen molar-refractivity contribution in [2.75, 3.05) is 11.9 Å². The first-order valence-electron chi connectivity index (χ1n) is 9.61. The van der Waals surface area contributed by atoms with Crippen molar-refractivity contribution in [3.8, 4) is 11.6 Å². The smallest absolute Gasteiger partial charge is 0.222 e. The minimum atomic E-state index is 0.0574. The Morgan fingerprint density at radius 2 is 1.87 bits per heavy atom. The van der Waals surface area contributed by atoms with Crippen molar-refractivity contribution in [1.29, 1.82) is 0 Å². The van der Waals surface area contributed by atoms with E-state index < -0.39 is 0 Å². The number of carbonyl (C=O) groups excluding carboxylic acids is 1. The number of nitrogens with one attached hydrogen (secondary N) is 2. The van der Waals surface area contributed by atoms with Gasteiger partial charge in [-0.3, -0.25) is 4.79 Å². The first-order chi connectivity index (χ1) is 14.5. The molecule has 1 amide bonds. The van der Waals surface area contributed by atoms with Crippen LogP contribution in [0.3, 0.4) is 0 Å². The minimum Gasteiger partial charge on any atom is -0.439 e. The van der Waals surface area contributed by atoms with E-state index in [9.17, 15) is 4.79 Å². The fraction of sp³-hybridized carbons (Fsp3) is 0.286. The lowest BCUT2D eigenvalue weighted by Crippen LogP contribution is -2.24. The predicted octanol–water partition coefficient (Wildman–Crippen LogP) is 3.70. The zero-order valence-electron chi connectivity index (χ0n) is 16.9. The van der Waals surface area contributed by atoms with Crippen LogP contribution in [0, 0.1) is 6.92 Å². The fourth-order valence-corrected chi connectivity index (χ4v) is 2.73. The van der Waals surface area contributed by atoms with Crippen molar-refractivity contribution in [2.24, 2.45) is 0 Å². The lowest BCUT2D eigenvalue weighted by atomic mass is 10.1. The molecule has 0 fully saturated rings. The van der Waals surface area contributed by atoms with Crippen molar-refractivity contribution in [3.05, 3.63) is 64.8 Å². The molecule has 0 bridgehead atoms. The second-order valence-corrected chi connectivity index (χ2v) is 6.96. The third-order valence-electron chi connectivity index (χ3n) is 4.12. The SMILES string of the molecule is CCC(=O)NCCc1ccc(Oc2cc(CNc3ncc(Cl)cn3)nc(C)n2)cc1. The summed E-state index contributed by atoms with van der Waals surface area (Å²) in [4.78, 5) is 28.2. The quantitative estimate of drug-likeness (QED) is 0.537. The van der Waals surface area contributed by atoms with E-state index in [-0.39, 0.29) is 5.91 Å². The van der Waals surface area contributed by atoms with E-state index in [1.807, 2.05) is 38.1 Å². The molecule has 8 nitrogen and oxygen atoms in total. The van der Waals surface area contributed by atoms with Gasteiger partial charge >= 0.3 is 0 Å². The topological polar surface area (TPSA) is 102 Å². The van der Waals surface area contributed by atoms with E-state index in [1.165, 1.54) is 12.4 Å². The van der Waals surface area contributed by atoms with Gasteiger partial charge in [-0.05, 0) is 31.0 Å². The Morgan fingerprint density at radius 1 is 1.13 bits per heavy atom.